The summed E-state index contributed by atoms with van der Waals surface area (Å²) in [6, 6.07) is 0. The molecule has 0 aliphatic rings. The first-order valence-corrected chi connectivity index (χ1v) is 7.30. The molecule has 0 fully saturated rings. The number of thiazole rings is 1. The molecule has 0 saturated carbocycles. The number of nitrogens with one attached hydrogen (secondary N) is 1. The van der Waals surface area contributed by atoms with Crippen molar-refractivity contribution >= 4 is 23.2 Å². The minimum Gasteiger partial charge on any atom is -0.476 e. The number of aromatic carboxylic acids is 1. The Morgan fingerprint density at radius 1 is 1.33 bits per heavy atom. The molecular formula is C14H16N2O4S. The molecule has 0 radical (unpaired) electrons. The van der Waals surface area contributed by atoms with Crippen LogP contribution in [0.15, 0.2) is 9.80 Å². The van der Waals surface area contributed by atoms with Gasteiger partial charge in [-0.3, -0.25) is 4.79 Å². The summed E-state index contributed by atoms with van der Waals surface area (Å²) in [4.78, 5) is 26.8. The molecule has 2 aromatic rings. The van der Waals surface area contributed by atoms with Crippen molar-refractivity contribution in [2.45, 2.75) is 27.2 Å². The third-order valence-corrected chi connectivity index (χ3v) is 4.09. The van der Waals surface area contributed by atoms with Crippen LogP contribution in [0.1, 0.15) is 42.9 Å². The maximum atomic E-state index is 12.1. The fraction of sp³-hybridized carbons (Fsp3) is 0.357. The number of aromatic nitrogens is 1. The summed E-state index contributed by atoms with van der Waals surface area (Å²) in [7, 11) is 0. The molecule has 0 atom stereocenters. The van der Waals surface area contributed by atoms with E-state index < -0.39 is 5.97 Å². The molecule has 2 heterocycles. The van der Waals surface area contributed by atoms with E-state index in [9.17, 15) is 9.59 Å². The average Bonchev–Trinajstić information content (AvgIpc) is 2.96. The third kappa shape index (κ3) is 3.30. The van der Waals surface area contributed by atoms with Crippen molar-refractivity contribution in [3.8, 4) is 0 Å². The molecule has 2 N–H and O–H groups in total. The second kappa shape index (κ2) is 6.09. The fourth-order valence-electron chi connectivity index (χ4n) is 2.02. The van der Waals surface area contributed by atoms with Crippen molar-refractivity contribution in [3.63, 3.8) is 0 Å². The largest absolute Gasteiger partial charge is 0.476 e. The molecular weight excluding hydrogens is 292 g/mol. The topological polar surface area (TPSA) is 92.4 Å². The number of nitrogens with zero attached hydrogens (tertiary/aromatic N) is 1. The number of hydrogen-bond acceptors (Lipinski definition) is 5. The van der Waals surface area contributed by atoms with Gasteiger partial charge in [0.1, 0.15) is 11.5 Å². The molecule has 0 spiro atoms. The van der Waals surface area contributed by atoms with Gasteiger partial charge < -0.3 is 14.8 Å². The van der Waals surface area contributed by atoms with Gasteiger partial charge in [-0.25, -0.2) is 9.78 Å². The van der Waals surface area contributed by atoms with Gasteiger partial charge in [-0.2, -0.15) is 0 Å². The lowest BCUT2D eigenvalue weighted by Crippen LogP contribution is -2.26. The van der Waals surface area contributed by atoms with E-state index in [2.05, 4.69) is 10.3 Å². The summed E-state index contributed by atoms with van der Waals surface area (Å²) >= 11 is 1.27. The Balaban J connectivity index is 1.93. The maximum absolute atomic E-state index is 12.1. The van der Waals surface area contributed by atoms with Crippen molar-refractivity contribution in [3.05, 3.63) is 38.7 Å². The molecule has 0 aliphatic carbocycles. The highest BCUT2D eigenvalue weighted by molar-refractivity contribution is 7.09. The van der Waals surface area contributed by atoms with Gasteiger partial charge in [0, 0.05) is 23.9 Å². The maximum Gasteiger partial charge on any atom is 0.355 e. The Kier molecular flexibility index (Phi) is 4.42. The lowest BCUT2D eigenvalue weighted by atomic mass is 10.1. The van der Waals surface area contributed by atoms with Gasteiger partial charge in [0.15, 0.2) is 5.69 Å². The fourth-order valence-corrected chi connectivity index (χ4v) is 2.79. The van der Waals surface area contributed by atoms with Crippen molar-refractivity contribution in [1.29, 1.82) is 0 Å². The van der Waals surface area contributed by atoms with E-state index in [-0.39, 0.29) is 11.6 Å². The van der Waals surface area contributed by atoms with E-state index in [1.165, 1.54) is 16.7 Å². The van der Waals surface area contributed by atoms with Crippen LogP contribution >= 0.6 is 11.3 Å². The predicted octanol–water partition coefficient (Wildman–Crippen LogP) is 2.33. The highest BCUT2D eigenvalue weighted by Crippen LogP contribution is 2.20. The third-order valence-electron chi connectivity index (χ3n) is 3.18. The minimum atomic E-state index is -1.04. The summed E-state index contributed by atoms with van der Waals surface area (Å²) in [6.07, 6.45) is 0.499. The number of hydrogen-bond donors (Lipinski definition) is 2. The van der Waals surface area contributed by atoms with Crippen LogP contribution in [-0.2, 0) is 6.42 Å². The van der Waals surface area contributed by atoms with E-state index >= 15 is 0 Å². The monoisotopic (exact) mass is 308 g/mol. The van der Waals surface area contributed by atoms with E-state index in [4.69, 9.17) is 9.52 Å². The summed E-state index contributed by atoms with van der Waals surface area (Å²) in [5.74, 6) is 0.118. The molecule has 0 unspecified atom stereocenters. The SMILES string of the molecule is Cc1oc(C)c(C(=O)NCCc2nc(C(=O)O)cs2)c1C. The zero-order valence-corrected chi connectivity index (χ0v) is 12.8. The molecule has 0 aromatic carbocycles. The Labute approximate surface area is 125 Å². The zero-order chi connectivity index (χ0) is 15.6. The lowest BCUT2D eigenvalue weighted by molar-refractivity contribution is 0.0690. The van der Waals surface area contributed by atoms with E-state index in [0.717, 1.165) is 11.3 Å². The number of rotatable bonds is 5. The predicted molar refractivity (Wildman–Crippen MR) is 78.0 cm³/mol. The van der Waals surface area contributed by atoms with E-state index in [0.29, 0.717) is 29.3 Å². The number of carboxylic acid groups (broad SMARTS) is 1. The number of amides is 1. The van der Waals surface area contributed by atoms with Gasteiger partial charge in [0.05, 0.1) is 10.6 Å². The summed E-state index contributed by atoms with van der Waals surface area (Å²) < 4.78 is 5.42. The van der Waals surface area contributed by atoms with Crippen molar-refractivity contribution in [1.82, 2.24) is 10.3 Å². The molecule has 21 heavy (non-hydrogen) atoms. The normalized spacial score (nSPS) is 10.6. The van der Waals surface area contributed by atoms with Gasteiger partial charge in [-0.15, -0.1) is 11.3 Å². The zero-order valence-electron chi connectivity index (χ0n) is 12.0. The Bertz CT molecular complexity index is 687. The first kappa shape index (κ1) is 15.2. The number of carbonyl (C=O) groups excluding carboxylic acids is 1. The molecule has 6 nitrogen and oxygen atoms in total. The van der Waals surface area contributed by atoms with Crippen LogP contribution in [0.25, 0.3) is 0 Å². The van der Waals surface area contributed by atoms with E-state index in [1.807, 2.05) is 13.8 Å². The number of carboxylic acids is 1. The van der Waals surface area contributed by atoms with Gasteiger partial charge >= 0.3 is 5.97 Å². The first-order valence-electron chi connectivity index (χ1n) is 6.42. The molecule has 2 aromatic heterocycles. The van der Waals surface area contributed by atoms with Crippen LogP contribution in [0, 0.1) is 20.8 Å². The van der Waals surface area contributed by atoms with E-state index in [1.54, 1.807) is 6.92 Å². The lowest BCUT2D eigenvalue weighted by Gasteiger charge is -2.04. The van der Waals surface area contributed by atoms with Crippen LogP contribution in [0.5, 0.6) is 0 Å². The molecule has 1 amide bonds. The smallest absolute Gasteiger partial charge is 0.355 e. The Morgan fingerprint density at radius 3 is 2.57 bits per heavy atom. The standard InChI is InChI=1S/C14H16N2O4S/c1-7-8(2)20-9(3)12(7)13(17)15-5-4-11-16-10(6-21-11)14(18)19/h6H,4-5H2,1-3H3,(H,15,17)(H,18,19). The number of carbonyl (C=O) groups is 2. The summed E-state index contributed by atoms with van der Waals surface area (Å²) in [5.41, 5.74) is 1.45. The van der Waals surface area contributed by atoms with Crippen LogP contribution in [0.2, 0.25) is 0 Å². The Morgan fingerprint density at radius 2 is 2.05 bits per heavy atom. The molecule has 0 aliphatic heterocycles. The number of furan rings is 1. The summed E-state index contributed by atoms with van der Waals surface area (Å²) in [6.45, 7) is 5.83. The molecule has 0 bridgehead atoms. The molecule has 0 saturated heterocycles. The quantitative estimate of drug-likeness (QED) is 0.884. The Hall–Kier alpha value is -2.15. The minimum absolute atomic E-state index is 0.0403. The molecule has 112 valence electrons. The van der Waals surface area contributed by atoms with Crippen LogP contribution in [0.4, 0.5) is 0 Å². The first-order chi connectivity index (χ1) is 9.90. The van der Waals surface area contributed by atoms with Gasteiger partial charge in [-0.1, -0.05) is 0 Å². The van der Waals surface area contributed by atoms with Crippen molar-refractivity contribution in [2.75, 3.05) is 6.54 Å². The number of aryl methyl sites for hydroxylation is 2. The summed E-state index contributed by atoms with van der Waals surface area (Å²) in [5, 5.41) is 13.8. The highest BCUT2D eigenvalue weighted by Gasteiger charge is 2.18. The van der Waals surface area contributed by atoms with Gasteiger partial charge in [0.2, 0.25) is 0 Å². The van der Waals surface area contributed by atoms with Crippen molar-refractivity contribution in [2.24, 2.45) is 0 Å². The van der Waals surface area contributed by atoms with Crippen molar-refractivity contribution < 1.29 is 19.1 Å². The molecule has 7 heteroatoms. The average molecular weight is 308 g/mol. The van der Waals surface area contributed by atoms with Gasteiger partial charge in [0.25, 0.3) is 5.91 Å². The second-order valence-electron chi connectivity index (χ2n) is 4.65. The second-order valence-corrected chi connectivity index (χ2v) is 5.59. The van der Waals surface area contributed by atoms with Crippen LogP contribution in [0.3, 0.4) is 0 Å². The van der Waals surface area contributed by atoms with Crippen LogP contribution in [-0.4, -0.2) is 28.5 Å². The van der Waals surface area contributed by atoms with Gasteiger partial charge in [-0.05, 0) is 20.8 Å². The molecule has 2 rings (SSSR count). The van der Waals surface area contributed by atoms with Crippen LogP contribution < -0.4 is 5.32 Å². The highest BCUT2D eigenvalue weighted by atomic mass is 32.1.